The largest absolute Gasteiger partial charge is 0.329 e. The maximum absolute atomic E-state index is 10.5. The van der Waals surface area contributed by atoms with Gasteiger partial charge in [0.2, 0.25) is 0 Å². The zero-order chi connectivity index (χ0) is 6.78. The summed E-state index contributed by atoms with van der Waals surface area (Å²) in [6.45, 7) is 1.80. The lowest BCUT2D eigenvalue weighted by molar-refractivity contribution is 0.590. The molecule has 8 heavy (non-hydrogen) atoms. The van der Waals surface area contributed by atoms with Crippen LogP contribution in [0.4, 0.5) is 0 Å². The number of hydrogen-bond acceptors (Lipinski definition) is 3. The Kier molecular flexibility index (Phi) is 2.43. The van der Waals surface area contributed by atoms with Gasteiger partial charge in [0.25, 0.3) is 0 Å². The highest BCUT2D eigenvalue weighted by Gasteiger charge is 2.10. The van der Waals surface area contributed by atoms with Crippen LogP contribution in [-0.4, -0.2) is 26.5 Å². The SMILES string of the molecule is C[C@@H](CN)S(C)(=O)=O. The Bertz CT molecular complexity index is 149. The molecule has 0 radical (unpaired) electrons. The molecule has 2 N–H and O–H groups in total. The van der Waals surface area contributed by atoms with Gasteiger partial charge in [-0.1, -0.05) is 0 Å². The van der Waals surface area contributed by atoms with Gasteiger partial charge in [-0.2, -0.15) is 0 Å². The standard InChI is InChI=1S/C4H11NO2S/c1-4(3-5)8(2,6)7/h4H,3,5H2,1-2H3/t4-/m0/s1. The summed E-state index contributed by atoms with van der Waals surface area (Å²) >= 11 is 0. The van der Waals surface area contributed by atoms with Gasteiger partial charge in [0.15, 0.2) is 9.84 Å². The van der Waals surface area contributed by atoms with Crippen LogP contribution in [0.2, 0.25) is 0 Å². The third-order valence-corrected chi connectivity index (χ3v) is 2.72. The summed E-state index contributed by atoms with van der Waals surface area (Å²) in [7, 11) is -2.88. The van der Waals surface area contributed by atoms with E-state index in [1.54, 1.807) is 6.92 Å². The van der Waals surface area contributed by atoms with Gasteiger partial charge in [0, 0.05) is 12.8 Å². The average molecular weight is 137 g/mol. The second kappa shape index (κ2) is 2.46. The first kappa shape index (κ1) is 7.91. The summed E-state index contributed by atoms with van der Waals surface area (Å²) in [4.78, 5) is 0. The molecule has 0 heterocycles. The molecular formula is C4H11NO2S. The molecule has 0 aliphatic heterocycles. The van der Waals surface area contributed by atoms with Crippen molar-refractivity contribution in [2.24, 2.45) is 5.73 Å². The van der Waals surface area contributed by atoms with E-state index in [1.165, 1.54) is 6.26 Å². The van der Waals surface area contributed by atoms with E-state index in [0.717, 1.165) is 0 Å². The Morgan fingerprint density at radius 1 is 1.62 bits per heavy atom. The molecule has 0 rings (SSSR count). The molecule has 0 aromatic heterocycles. The van der Waals surface area contributed by atoms with E-state index in [-0.39, 0.29) is 6.54 Å². The van der Waals surface area contributed by atoms with E-state index >= 15 is 0 Å². The molecule has 1 atom stereocenters. The van der Waals surface area contributed by atoms with Crippen LogP contribution < -0.4 is 5.73 Å². The summed E-state index contributed by atoms with van der Waals surface area (Å²) in [5.41, 5.74) is 5.08. The molecular weight excluding hydrogens is 126 g/mol. The van der Waals surface area contributed by atoms with Gasteiger partial charge in [0.05, 0.1) is 5.25 Å². The Morgan fingerprint density at radius 3 is 2.00 bits per heavy atom. The van der Waals surface area contributed by atoms with Gasteiger partial charge in [-0.15, -0.1) is 0 Å². The summed E-state index contributed by atoms with van der Waals surface area (Å²) in [5, 5.41) is -0.400. The zero-order valence-corrected chi connectivity index (χ0v) is 5.90. The molecule has 0 saturated heterocycles. The number of sulfone groups is 1. The summed E-state index contributed by atoms with van der Waals surface area (Å²) < 4.78 is 21.0. The molecule has 0 unspecified atom stereocenters. The predicted octanol–water partition coefficient (Wildman–Crippen LogP) is -0.622. The molecule has 50 valence electrons. The van der Waals surface area contributed by atoms with Gasteiger partial charge >= 0.3 is 0 Å². The van der Waals surface area contributed by atoms with Crippen molar-refractivity contribution in [3.8, 4) is 0 Å². The number of rotatable bonds is 2. The Hall–Kier alpha value is -0.0900. The quantitative estimate of drug-likeness (QED) is 0.551. The second-order valence-corrected chi connectivity index (χ2v) is 4.34. The monoisotopic (exact) mass is 137 g/mol. The van der Waals surface area contributed by atoms with Crippen molar-refractivity contribution in [3.05, 3.63) is 0 Å². The van der Waals surface area contributed by atoms with Crippen molar-refractivity contribution in [3.63, 3.8) is 0 Å². The lowest BCUT2D eigenvalue weighted by Crippen LogP contribution is -2.25. The Balaban J connectivity index is 4.04. The van der Waals surface area contributed by atoms with Gasteiger partial charge in [0.1, 0.15) is 0 Å². The molecule has 4 heteroatoms. The Morgan fingerprint density at radius 2 is 2.00 bits per heavy atom. The third-order valence-electron chi connectivity index (χ3n) is 1.06. The van der Waals surface area contributed by atoms with Crippen LogP contribution in [-0.2, 0) is 9.84 Å². The minimum atomic E-state index is -2.88. The van der Waals surface area contributed by atoms with Crippen LogP contribution in [0, 0.1) is 0 Å². The van der Waals surface area contributed by atoms with E-state index < -0.39 is 15.1 Å². The highest BCUT2D eigenvalue weighted by Crippen LogP contribution is 1.92. The Labute approximate surface area is 49.8 Å². The molecule has 0 amide bonds. The van der Waals surface area contributed by atoms with E-state index in [2.05, 4.69) is 0 Å². The highest BCUT2D eigenvalue weighted by molar-refractivity contribution is 7.91. The molecule has 0 bridgehead atoms. The first-order chi connectivity index (χ1) is 3.48. The minimum Gasteiger partial charge on any atom is -0.329 e. The fraction of sp³-hybridized carbons (Fsp3) is 1.00. The van der Waals surface area contributed by atoms with Crippen molar-refractivity contribution in [2.75, 3.05) is 12.8 Å². The lowest BCUT2D eigenvalue weighted by atomic mass is 10.5. The normalized spacial score (nSPS) is 15.9. The van der Waals surface area contributed by atoms with Gasteiger partial charge < -0.3 is 5.73 Å². The van der Waals surface area contributed by atoms with Crippen molar-refractivity contribution >= 4 is 9.84 Å². The first-order valence-corrected chi connectivity index (χ1v) is 4.33. The lowest BCUT2D eigenvalue weighted by Gasteiger charge is -2.02. The molecule has 0 aliphatic carbocycles. The van der Waals surface area contributed by atoms with Crippen molar-refractivity contribution in [1.82, 2.24) is 0 Å². The zero-order valence-electron chi connectivity index (χ0n) is 5.09. The molecule has 0 fully saturated rings. The molecule has 0 aromatic carbocycles. The van der Waals surface area contributed by atoms with E-state index in [4.69, 9.17) is 5.73 Å². The molecule has 3 nitrogen and oxygen atoms in total. The summed E-state index contributed by atoms with van der Waals surface area (Å²) in [6, 6.07) is 0. The highest BCUT2D eigenvalue weighted by atomic mass is 32.2. The fourth-order valence-electron chi connectivity index (χ4n) is 0.175. The summed E-state index contributed by atoms with van der Waals surface area (Å²) in [5.74, 6) is 0. The van der Waals surface area contributed by atoms with Crippen LogP contribution >= 0.6 is 0 Å². The smallest absolute Gasteiger partial charge is 0.151 e. The van der Waals surface area contributed by atoms with Gasteiger partial charge in [-0.3, -0.25) is 0 Å². The van der Waals surface area contributed by atoms with Crippen LogP contribution in [0.15, 0.2) is 0 Å². The average Bonchev–Trinajstić information content (AvgIpc) is 1.62. The van der Waals surface area contributed by atoms with Crippen LogP contribution in [0.1, 0.15) is 6.92 Å². The van der Waals surface area contributed by atoms with Crippen molar-refractivity contribution in [1.29, 1.82) is 0 Å². The van der Waals surface area contributed by atoms with Crippen LogP contribution in [0.5, 0.6) is 0 Å². The predicted molar refractivity (Wildman–Crippen MR) is 33.4 cm³/mol. The maximum Gasteiger partial charge on any atom is 0.151 e. The first-order valence-electron chi connectivity index (χ1n) is 2.37. The number of hydrogen-bond donors (Lipinski definition) is 1. The van der Waals surface area contributed by atoms with Crippen LogP contribution in [0.25, 0.3) is 0 Å². The van der Waals surface area contributed by atoms with E-state index in [1.807, 2.05) is 0 Å². The topological polar surface area (TPSA) is 60.2 Å². The molecule has 0 aromatic rings. The van der Waals surface area contributed by atoms with Crippen molar-refractivity contribution in [2.45, 2.75) is 12.2 Å². The van der Waals surface area contributed by atoms with Gasteiger partial charge in [-0.05, 0) is 6.92 Å². The number of nitrogens with two attached hydrogens (primary N) is 1. The maximum atomic E-state index is 10.5. The molecule has 0 spiro atoms. The summed E-state index contributed by atoms with van der Waals surface area (Å²) in [6.07, 6.45) is 1.19. The van der Waals surface area contributed by atoms with E-state index in [9.17, 15) is 8.42 Å². The van der Waals surface area contributed by atoms with Crippen LogP contribution in [0.3, 0.4) is 0 Å². The second-order valence-electron chi connectivity index (χ2n) is 1.88. The molecule has 0 aliphatic rings. The van der Waals surface area contributed by atoms with E-state index in [0.29, 0.717) is 0 Å². The minimum absolute atomic E-state index is 0.207. The molecule has 0 saturated carbocycles. The van der Waals surface area contributed by atoms with Gasteiger partial charge in [-0.25, -0.2) is 8.42 Å². The third kappa shape index (κ3) is 2.28. The fourth-order valence-corrected chi connectivity index (χ4v) is 0.524. The van der Waals surface area contributed by atoms with Crippen molar-refractivity contribution < 1.29 is 8.42 Å².